The second-order valence-corrected chi connectivity index (χ2v) is 12.0. The zero-order valence-corrected chi connectivity index (χ0v) is 23.1. The van der Waals surface area contributed by atoms with Gasteiger partial charge in [0.1, 0.15) is 15.7 Å². The number of nitrogens with one attached hydrogen (secondary N) is 1. The zero-order valence-electron chi connectivity index (χ0n) is 20.7. The number of hydrogen-bond donors (Lipinski definition) is 1. The van der Waals surface area contributed by atoms with Crippen LogP contribution in [0, 0.1) is 0 Å². The SMILES string of the molecule is CC(=O)ON(Cc1cccc(Cl)c1)Cc1ccc(S(=O)(=O)NCCc2ccc(Oc3ccccc3)cc2)s1. The summed E-state index contributed by atoms with van der Waals surface area (Å²) in [5.74, 6) is 1.01. The molecule has 198 valence electrons. The van der Waals surface area contributed by atoms with Gasteiger partial charge in [0.25, 0.3) is 0 Å². The molecule has 4 rings (SSSR count). The van der Waals surface area contributed by atoms with Crippen LogP contribution in [0.15, 0.2) is 95.2 Å². The van der Waals surface area contributed by atoms with Crippen molar-refractivity contribution < 1.29 is 22.8 Å². The van der Waals surface area contributed by atoms with Crippen LogP contribution >= 0.6 is 22.9 Å². The number of rotatable bonds is 12. The lowest BCUT2D eigenvalue weighted by molar-refractivity contribution is -0.193. The first-order valence-corrected chi connectivity index (χ1v) is 14.5. The third kappa shape index (κ3) is 8.41. The van der Waals surface area contributed by atoms with Gasteiger partial charge in [-0.3, -0.25) is 4.79 Å². The topological polar surface area (TPSA) is 84.9 Å². The normalized spacial score (nSPS) is 11.4. The monoisotopic (exact) mass is 570 g/mol. The van der Waals surface area contributed by atoms with Crippen molar-refractivity contribution in [2.24, 2.45) is 0 Å². The third-order valence-corrected chi connectivity index (χ3v) is 8.61. The van der Waals surface area contributed by atoms with E-state index in [4.69, 9.17) is 21.2 Å². The predicted molar refractivity (Wildman–Crippen MR) is 149 cm³/mol. The number of hydrogen-bond acceptors (Lipinski definition) is 7. The van der Waals surface area contributed by atoms with Crippen LogP contribution in [0.2, 0.25) is 5.02 Å². The fourth-order valence-corrected chi connectivity index (χ4v) is 6.30. The van der Waals surface area contributed by atoms with Crippen LogP contribution < -0.4 is 9.46 Å². The highest BCUT2D eigenvalue weighted by atomic mass is 35.5. The molecule has 0 aliphatic carbocycles. The third-order valence-electron chi connectivity index (χ3n) is 5.35. The van der Waals surface area contributed by atoms with Crippen LogP contribution in [0.5, 0.6) is 11.5 Å². The molecule has 0 unspecified atom stereocenters. The van der Waals surface area contributed by atoms with Crippen molar-refractivity contribution >= 4 is 38.9 Å². The molecule has 38 heavy (non-hydrogen) atoms. The first kappa shape index (κ1) is 27.8. The second-order valence-electron chi connectivity index (χ2n) is 8.44. The lowest BCUT2D eigenvalue weighted by Crippen LogP contribution is -2.25. The summed E-state index contributed by atoms with van der Waals surface area (Å²) in [7, 11) is -3.68. The van der Waals surface area contributed by atoms with Crippen molar-refractivity contribution in [2.75, 3.05) is 6.54 Å². The number of nitrogens with zero attached hydrogens (tertiary/aromatic N) is 1. The standard InChI is InChI=1S/C28H27ClN2O5S2/c1-21(32)36-31(19-23-6-5-7-24(29)18-23)20-27-14-15-28(37-27)38(33,34)30-17-16-22-10-12-26(13-11-22)35-25-8-3-2-4-9-25/h2-15,18,30H,16-17,19-20H2,1H3. The first-order chi connectivity index (χ1) is 18.3. The van der Waals surface area contributed by atoms with Crippen molar-refractivity contribution in [2.45, 2.75) is 30.6 Å². The van der Waals surface area contributed by atoms with Crippen LogP contribution in [0.25, 0.3) is 0 Å². The Morgan fingerprint density at radius 2 is 1.63 bits per heavy atom. The number of ether oxygens (including phenoxy) is 1. The average Bonchev–Trinajstić information content (AvgIpc) is 3.35. The van der Waals surface area contributed by atoms with Gasteiger partial charge in [-0.2, -0.15) is 0 Å². The van der Waals surface area contributed by atoms with Gasteiger partial charge in [0, 0.05) is 23.4 Å². The van der Waals surface area contributed by atoms with Crippen molar-refractivity contribution in [3.63, 3.8) is 0 Å². The van der Waals surface area contributed by atoms with Crippen LogP contribution in [0.4, 0.5) is 0 Å². The van der Waals surface area contributed by atoms with Gasteiger partial charge in [-0.05, 0) is 66.1 Å². The molecule has 4 aromatic rings. The Kier molecular flexibility index (Phi) is 9.54. The van der Waals surface area contributed by atoms with E-state index in [0.717, 1.165) is 33.1 Å². The molecule has 0 fully saturated rings. The average molecular weight is 571 g/mol. The zero-order chi connectivity index (χ0) is 27.0. The summed E-state index contributed by atoms with van der Waals surface area (Å²) >= 11 is 7.19. The van der Waals surface area contributed by atoms with Gasteiger partial charge in [-0.25, -0.2) is 13.1 Å². The number of carbonyl (C=O) groups is 1. The van der Waals surface area contributed by atoms with E-state index in [2.05, 4.69) is 4.72 Å². The maximum absolute atomic E-state index is 12.9. The lowest BCUT2D eigenvalue weighted by atomic mass is 10.1. The van der Waals surface area contributed by atoms with Crippen molar-refractivity contribution in [1.82, 2.24) is 9.79 Å². The van der Waals surface area contributed by atoms with Gasteiger partial charge in [-0.15, -0.1) is 16.4 Å². The molecule has 0 amide bonds. The Labute approximate surface area is 231 Å². The summed E-state index contributed by atoms with van der Waals surface area (Å²) in [5.41, 5.74) is 1.85. The van der Waals surface area contributed by atoms with E-state index >= 15 is 0 Å². The highest BCUT2D eigenvalue weighted by Gasteiger charge is 2.19. The van der Waals surface area contributed by atoms with Crippen LogP contribution in [0.1, 0.15) is 22.9 Å². The van der Waals surface area contributed by atoms with E-state index in [0.29, 0.717) is 23.7 Å². The van der Waals surface area contributed by atoms with E-state index in [1.807, 2.05) is 66.7 Å². The Morgan fingerprint density at radius 1 is 0.895 bits per heavy atom. The van der Waals surface area contributed by atoms with Gasteiger partial charge in [-0.1, -0.05) is 54.1 Å². The molecule has 0 aliphatic rings. The maximum Gasteiger partial charge on any atom is 0.322 e. The van der Waals surface area contributed by atoms with Crippen LogP contribution in [-0.2, 0) is 39.2 Å². The maximum atomic E-state index is 12.9. The minimum absolute atomic E-state index is 0.199. The van der Waals surface area contributed by atoms with Crippen molar-refractivity contribution in [3.8, 4) is 11.5 Å². The fraction of sp³-hybridized carbons (Fsp3) is 0.179. The number of sulfonamides is 1. The summed E-state index contributed by atoms with van der Waals surface area (Å²) in [6, 6.07) is 27.6. The van der Waals surface area contributed by atoms with Crippen LogP contribution in [-0.4, -0.2) is 26.0 Å². The largest absolute Gasteiger partial charge is 0.457 e. The molecule has 1 aromatic heterocycles. The molecule has 3 aromatic carbocycles. The Balaban J connectivity index is 1.31. The molecule has 10 heteroatoms. The molecule has 0 spiro atoms. The van der Waals surface area contributed by atoms with Gasteiger partial charge in [0.05, 0.1) is 13.1 Å². The number of benzene rings is 3. The smallest absolute Gasteiger partial charge is 0.322 e. The van der Waals surface area contributed by atoms with Crippen molar-refractivity contribution in [1.29, 1.82) is 0 Å². The Morgan fingerprint density at radius 3 is 2.34 bits per heavy atom. The molecule has 0 saturated carbocycles. The minimum Gasteiger partial charge on any atom is -0.457 e. The molecule has 1 heterocycles. The first-order valence-electron chi connectivity index (χ1n) is 11.8. The summed E-state index contributed by atoms with van der Waals surface area (Å²) < 4.78 is 34.4. The summed E-state index contributed by atoms with van der Waals surface area (Å²) in [4.78, 5) is 17.7. The second kappa shape index (κ2) is 13.0. The molecular formula is C28H27ClN2O5S2. The quantitative estimate of drug-likeness (QED) is 0.204. The summed E-state index contributed by atoms with van der Waals surface area (Å²) in [6.45, 7) is 2.13. The number of hydroxylamine groups is 2. The van der Waals surface area contributed by atoms with Crippen molar-refractivity contribution in [3.05, 3.63) is 112 Å². The van der Waals surface area contributed by atoms with E-state index in [1.54, 1.807) is 24.3 Å². The molecular weight excluding hydrogens is 544 g/mol. The van der Waals surface area contributed by atoms with Crippen LogP contribution in [0.3, 0.4) is 0 Å². The number of halogens is 1. The highest BCUT2D eigenvalue weighted by Crippen LogP contribution is 2.25. The van der Waals surface area contributed by atoms with E-state index in [-0.39, 0.29) is 17.3 Å². The lowest BCUT2D eigenvalue weighted by Gasteiger charge is -2.20. The number of thiophene rings is 1. The highest BCUT2D eigenvalue weighted by molar-refractivity contribution is 7.91. The van der Waals surface area contributed by atoms with E-state index < -0.39 is 16.0 Å². The summed E-state index contributed by atoms with van der Waals surface area (Å²) in [6.07, 6.45) is 0.531. The Bertz CT molecular complexity index is 1460. The fourth-order valence-electron chi connectivity index (χ4n) is 3.65. The summed E-state index contributed by atoms with van der Waals surface area (Å²) in [5, 5.41) is 2.06. The molecule has 1 N–H and O–H groups in total. The van der Waals surface area contributed by atoms with Gasteiger partial charge < -0.3 is 9.57 Å². The molecule has 0 aliphatic heterocycles. The number of para-hydroxylation sites is 1. The molecule has 7 nitrogen and oxygen atoms in total. The molecule has 0 bridgehead atoms. The molecule has 0 atom stereocenters. The Hall–Kier alpha value is -3.21. The molecule has 0 radical (unpaired) electrons. The van der Waals surface area contributed by atoms with Gasteiger partial charge >= 0.3 is 5.97 Å². The molecule has 0 saturated heterocycles. The number of carbonyl (C=O) groups excluding carboxylic acids is 1. The van der Waals surface area contributed by atoms with Gasteiger partial charge in [0.2, 0.25) is 10.0 Å². The predicted octanol–water partition coefficient (Wildman–Crippen LogP) is 6.20. The van der Waals surface area contributed by atoms with Gasteiger partial charge in [0.15, 0.2) is 0 Å². The van der Waals surface area contributed by atoms with E-state index in [9.17, 15) is 13.2 Å². The van der Waals surface area contributed by atoms with E-state index in [1.165, 1.54) is 12.0 Å². The minimum atomic E-state index is -3.68.